The van der Waals surface area contributed by atoms with Crippen molar-refractivity contribution in [1.29, 1.82) is 0 Å². The third kappa shape index (κ3) is 3.24. The molecule has 0 aliphatic rings. The van der Waals surface area contributed by atoms with Crippen LogP contribution >= 0.6 is 38.9 Å². The fourth-order valence-electron chi connectivity index (χ4n) is 1.41. The monoisotopic (exact) mass is 315 g/mol. The molecule has 1 aromatic heterocycles. The number of thiophene rings is 1. The average molecular weight is 317 g/mol. The van der Waals surface area contributed by atoms with Gasteiger partial charge in [-0.2, -0.15) is 11.3 Å². The molecule has 2 rings (SSSR count). The molecule has 0 unspecified atom stereocenters. The number of benzene rings is 1. The summed E-state index contributed by atoms with van der Waals surface area (Å²) in [6.45, 7) is 0.912. The first-order valence-corrected chi connectivity index (χ1v) is 7.07. The lowest BCUT2D eigenvalue weighted by Gasteiger charge is -2.08. The second-order valence-electron chi connectivity index (χ2n) is 3.43. The average Bonchev–Trinajstić information content (AvgIpc) is 2.76. The van der Waals surface area contributed by atoms with Crippen LogP contribution in [0.4, 0.5) is 5.69 Å². The van der Waals surface area contributed by atoms with E-state index >= 15 is 0 Å². The predicted octanol–water partition coefficient (Wildman–Crippen LogP) is 4.82. The largest absolute Gasteiger partial charge is 0.384 e. The molecule has 84 valence electrons. The Labute approximate surface area is 113 Å². The Morgan fingerprint density at radius 2 is 2.19 bits per heavy atom. The molecule has 0 radical (unpaired) electrons. The molecule has 1 nitrogen and oxygen atoms in total. The third-order valence-corrected chi connectivity index (χ3v) is 3.90. The highest BCUT2D eigenvalue weighted by atomic mass is 79.9. The van der Waals surface area contributed by atoms with Crippen molar-refractivity contribution in [3.8, 4) is 0 Å². The molecule has 0 saturated heterocycles. The minimum atomic E-state index is 0.751. The van der Waals surface area contributed by atoms with E-state index in [1.807, 2.05) is 18.2 Å². The number of hydrogen-bond donors (Lipinski definition) is 1. The lowest BCUT2D eigenvalue weighted by Crippen LogP contribution is -2.04. The Balaban J connectivity index is 1.92. The van der Waals surface area contributed by atoms with Crippen LogP contribution in [-0.2, 0) is 6.42 Å². The van der Waals surface area contributed by atoms with Gasteiger partial charge < -0.3 is 5.32 Å². The van der Waals surface area contributed by atoms with Gasteiger partial charge in [0.1, 0.15) is 0 Å². The van der Waals surface area contributed by atoms with Crippen molar-refractivity contribution in [1.82, 2.24) is 0 Å². The molecule has 1 aromatic carbocycles. The molecule has 16 heavy (non-hydrogen) atoms. The van der Waals surface area contributed by atoms with E-state index in [0.29, 0.717) is 0 Å². The number of hydrogen-bond acceptors (Lipinski definition) is 2. The number of halogens is 2. The minimum absolute atomic E-state index is 0.751. The normalized spacial score (nSPS) is 10.4. The van der Waals surface area contributed by atoms with Crippen LogP contribution in [0.5, 0.6) is 0 Å². The van der Waals surface area contributed by atoms with E-state index in [1.165, 1.54) is 5.56 Å². The van der Waals surface area contributed by atoms with Gasteiger partial charge in [-0.25, -0.2) is 0 Å². The SMILES string of the molecule is Clc1ccc(Br)c(NCCc2ccsc2)c1. The van der Waals surface area contributed by atoms with Gasteiger partial charge in [0.05, 0.1) is 0 Å². The zero-order valence-corrected chi connectivity index (χ0v) is 11.7. The second kappa shape index (κ2) is 5.71. The van der Waals surface area contributed by atoms with Gasteiger partial charge >= 0.3 is 0 Å². The number of rotatable bonds is 4. The van der Waals surface area contributed by atoms with E-state index in [4.69, 9.17) is 11.6 Å². The molecule has 0 aliphatic carbocycles. The van der Waals surface area contributed by atoms with Gasteiger partial charge in [-0.15, -0.1) is 0 Å². The lowest BCUT2D eigenvalue weighted by atomic mass is 10.2. The molecule has 0 fully saturated rings. The Hall–Kier alpha value is -0.510. The molecule has 2 aromatic rings. The van der Waals surface area contributed by atoms with Crippen LogP contribution in [0, 0.1) is 0 Å². The summed E-state index contributed by atoms with van der Waals surface area (Å²) < 4.78 is 1.04. The van der Waals surface area contributed by atoms with Crippen LogP contribution in [0.2, 0.25) is 5.02 Å². The molecule has 1 N–H and O–H groups in total. The fourth-order valence-corrected chi connectivity index (χ4v) is 2.67. The molecular formula is C12H11BrClNS. The second-order valence-corrected chi connectivity index (χ2v) is 5.50. The van der Waals surface area contributed by atoms with Crippen molar-refractivity contribution in [2.75, 3.05) is 11.9 Å². The summed E-state index contributed by atoms with van der Waals surface area (Å²) in [5.74, 6) is 0. The van der Waals surface area contributed by atoms with Gasteiger partial charge in [0.15, 0.2) is 0 Å². The topological polar surface area (TPSA) is 12.0 Å². The molecule has 0 atom stereocenters. The molecule has 0 bridgehead atoms. The first-order valence-electron chi connectivity index (χ1n) is 4.96. The molecule has 4 heteroatoms. The van der Waals surface area contributed by atoms with Crippen molar-refractivity contribution in [2.45, 2.75) is 6.42 Å². The highest BCUT2D eigenvalue weighted by Crippen LogP contribution is 2.25. The molecule has 0 spiro atoms. The Kier molecular flexibility index (Phi) is 4.27. The molecule has 0 saturated carbocycles. The lowest BCUT2D eigenvalue weighted by molar-refractivity contribution is 1.03. The minimum Gasteiger partial charge on any atom is -0.384 e. The predicted molar refractivity (Wildman–Crippen MR) is 75.7 cm³/mol. The summed E-state index contributed by atoms with van der Waals surface area (Å²) in [4.78, 5) is 0. The van der Waals surface area contributed by atoms with Crippen LogP contribution < -0.4 is 5.32 Å². The third-order valence-electron chi connectivity index (χ3n) is 2.24. The molecule has 1 heterocycles. The smallest absolute Gasteiger partial charge is 0.0499 e. The van der Waals surface area contributed by atoms with Gasteiger partial charge in [-0.3, -0.25) is 0 Å². The fraction of sp³-hybridized carbons (Fsp3) is 0.167. The van der Waals surface area contributed by atoms with Gasteiger partial charge in [-0.1, -0.05) is 11.6 Å². The van der Waals surface area contributed by atoms with Crippen molar-refractivity contribution in [2.24, 2.45) is 0 Å². The van der Waals surface area contributed by atoms with E-state index < -0.39 is 0 Å². The maximum Gasteiger partial charge on any atom is 0.0499 e. The maximum atomic E-state index is 5.94. The summed E-state index contributed by atoms with van der Waals surface area (Å²) >= 11 is 11.2. The van der Waals surface area contributed by atoms with Gasteiger partial charge in [-0.05, 0) is 62.9 Å². The summed E-state index contributed by atoms with van der Waals surface area (Å²) in [5, 5.41) is 8.39. The standard InChI is InChI=1S/C12H11BrClNS/c13-11-2-1-10(14)7-12(11)15-5-3-9-4-6-16-8-9/h1-2,4,6-8,15H,3,5H2. The van der Waals surface area contributed by atoms with E-state index in [0.717, 1.165) is 28.1 Å². The first kappa shape index (κ1) is 12.0. The van der Waals surface area contributed by atoms with Crippen LogP contribution in [-0.4, -0.2) is 6.54 Å². The maximum absolute atomic E-state index is 5.94. The number of anilines is 1. The van der Waals surface area contributed by atoms with E-state index in [-0.39, 0.29) is 0 Å². The zero-order chi connectivity index (χ0) is 11.4. The van der Waals surface area contributed by atoms with Gasteiger partial charge in [0.2, 0.25) is 0 Å². The molecular weight excluding hydrogens is 306 g/mol. The summed E-state index contributed by atoms with van der Waals surface area (Å²) in [6.07, 6.45) is 1.03. The van der Waals surface area contributed by atoms with Crippen molar-refractivity contribution >= 4 is 44.6 Å². The Morgan fingerprint density at radius 1 is 1.31 bits per heavy atom. The van der Waals surface area contributed by atoms with Crippen molar-refractivity contribution in [3.05, 3.63) is 50.1 Å². The van der Waals surface area contributed by atoms with Gasteiger partial charge in [0.25, 0.3) is 0 Å². The Morgan fingerprint density at radius 3 is 2.94 bits per heavy atom. The van der Waals surface area contributed by atoms with Crippen molar-refractivity contribution in [3.63, 3.8) is 0 Å². The van der Waals surface area contributed by atoms with Crippen LogP contribution in [0.25, 0.3) is 0 Å². The Bertz CT molecular complexity index is 456. The van der Waals surface area contributed by atoms with E-state index in [9.17, 15) is 0 Å². The molecule has 0 aliphatic heterocycles. The van der Waals surface area contributed by atoms with Gasteiger partial charge in [0, 0.05) is 21.7 Å². The van der Waals surface area contributed by atoms with Crippen LogP contribution in [0.1, 0.15) is 5.56 Å². The first-order chi connectivity index (χ1) is 7.75. The summed E-state index contributed by atoms with van der Waals surface area (Å²) in [5.41, 5.74) is 2.42. The highest BCUT2D eigenvalue weighted by molar-refractivity contribution is 9.10. The number of nitrogens with one attached hydrogen (secondary N) is 1. The van der Waals surface area contributed by atoms with Crippen molar-refractivity contribution < 1.29 is 0 Å². The van der Waals surface area contributed by atoms with E-state index in [1.54, 1.807) is 11.3 Å². The van der Waals surface area contributed by atoms with Crippen LogP contribution in [0.15, 0.2) is 39.5 Å². The zero-order valence-electron chi connectivity index (χ0n) is 8.54. The molecule has 0 amide bonds. The summed E-state index contributed by atoms with van der Waals surface area (Å²) in [6, 6.07) is 7.91. The van der Waals surface area contributed by atoms with E-state index in [2.05, 4.69) is 38.1 Å². The van der Waals surface area contributed by atoms with Crippen LogP contribution in [0.3, 0.4) is 0 Å². The highest BCUT2D eigenvalue weighted by Gasteiger charge is 2.00. The quantitative estimate of drug-likeness (QED) is 0.853. The summed E-state index contributed by atoms with van der Waals surface area (Å²) in [7, 11) is 0.